The van der Waals surface area contributed by atoms with Crippen molar-refractivity contribution in [3.05, 3.63) is 24.0 Å². The second kappa shape index (κ2) is 3.93. The Kier molecular flexibility index (Phi) is 3.06. The van der Waals surface area contributed by atoms with Gasteiger partial charge in [0.05, 0.1) is 7.11 Å². The Morgan fingerprint density at radius 3 is 2.64 bits per heavy atom. The molecule has 0 aliphatic heterocycles. The van der Waals surface area contributed by atoms with Crippen molar-refractivity contribution in [1.29, 1.82) is 0 Å². The maximum Gasteiger partial charge on any atom is 0.356 e. The molecule has 5 heteroatoms. The minimum atomic E-state index is -2.34. The number of nitrogens with zero attached hydrogens (tertiary/aromatic N) is 1. The summed E-state index contributed by atoms with van der Waals surface area (Å²) in [5.41, 5.74) is 0.189. The van der Waals surface area contributed by atoms with Crippen LogP contribution < -0.4 is 5.30 Å². The van der Waals surface area contributed by atoms with E-state index in [0.717, 1.165) is 0 Å². The van der Waals surface area contributed by atoms with E-state index in [2.05, 4.69) is 9.72 Å². The highest BCUT2D eigenvalue weighted by Crippen LogP contribution is 2.34. The second-order valence-corrected chi connectivity index (χ2v) is 6.46. The van der Waals surface area contributed by atoms with E-state index < -0.39 is 13.1 Å². The first-order valence-electron chi connectivity index (χ1n) is 4.05. The number of pyridine rings is 1. The lowest BCUT2D eigenvalue weighted by molar-refractivity contribution is 0.0594. The van der Waals surface area contributed by atoms with E-state index in [1.807, 2.05) is 0 Å². The third-order valence-electron chi connectivity index (χ3n) is 1.76. The predicted molar refractivity (Wildman–Crippen MR) is 54.7 cm³/mol. The lowest BCUT2D eigenvalue weighted by Gasteiger charge is -2.07. The van der Waals surface area contributed by atoms with Crippen LogP contribution in [0.25, 0.3) is 0 Å². The van der Waals surface area contributed by atoms with Gasteiger partial charge in [-0.2, -0.15) is 0 Å². The van der Waals surface area contributed by atoms with Gasteiger partial charge < -0.3 is 9.30 Å². The van der Waals surface area contributed by atoms with Gasteiger partial charge in [0, 0.05) is 11.5 Å². The van der Waals surface area contributed by atoms with Crippen LogP contribution in [0.3, 0.4) is 0 Å². The Morgan fingerprint density at radius 2 is 2.14 bits per heavy atom. The molecule has 1 aromatic rings. The number of carbonyl (C=O) groups is 1. The van der Waals surface area contributed by atoms with Crippen molar-refractivity contribution in [2.45, 2.75) is 0 Å². The molecule has 0 saturated heterocycles. The quantitative estimate of drug-likeness (QED) is 0.545. The third-order valence-corrected chi connectivity index (χ3v) is 3.28. The zero-order valence-corrected chi connectivity index (χ0v) is 9.25. The molecule has 0 aliphatic carbocycles. The average Bonchev–Trinajstić information content (AvgIpc) is 2.15. The smallest absolute Gasteiger partial charge is 0.356 e. The number of hydrogen-bond donors (Lipinski definition) is 0. The normalized spacial score (nSPS) is 11.1. The van der Waals surface area contributed by atoms with Gasteiger partial charge >= 0.3 is 5.97 Å². The Bertz CT molecular complexity index is 397. The second-order valence-electron chi connectivity index (χ2n) is 3.24. The minimum Gasteiger partial charge on any atom is -0.464 e. The van der Waals surface area contributed by atoms with Crippen LogP contribution in [0.4, 0.5) is 0 Å². The molecule has 0 aromatic carbocycles. The molecule has 0 atom stereocenters. The molecular weight excluding hydrogens is 201 g/mol. The van der Waals surface area contributed by atoms with Gasteiger partial charge in [0.1, 0.15) is 12.8 Å². The van der Waals surface area contributed by atoms with Crippen molar-refractivity contribution in [2.24, 2.45) is 0 Å². The number of aromatic nitrogens is 1. The molecule has 1 heterocycles. The van der Waals surface area contributed by atoms with E-state index in [-0.39, 0.29) is 5.69 Å². The summed E-state index contributed by atoms with van der Waals surface area (Å²) < 4.78 is 16.2. The van der Waals surface area contributed by atoms with Gasteiger partial charge in [0.15, 0.2) is 0 Å². The largest absolute Gasteiger partial charge is 0.464 e. The van der Waals surface area contributed by atoms with Gasteiger partial charge in [-0.25, -0.2) is 9.78 Å². The molecule has 0 unspecified atom stereocenters. The van der Waals surface area contributed by atoms with Gasteiger partial charge in [-0.3, -0.25) is 0 Å². The van der Waals surface area contributed by atoms with Crippen LogP contribution >= 0.6 is 7.14 Å². The van der Waals surface area contributed by atoms with Gasteiger partial charge in [-0.1, -0.05) is 0 Å². The van der Waals surface area contributed by atoms with Gasteiger partial charge in [-0.05, 0) is 25.5 Å². The molecule has 1 rings (SSSR count). The Labute approximate surface area is 82.7 Å². The van der Waals surface area contributed by atoms with Crippen molar-refractivity contribution in [2.75, 3.05) is 20.4 Å². The summed E-state index contributed by atoms with van der Waals surface area (Å²) in [6.07, 6.45) is 1.46. The molecule has 0 N–H and O–H groups in total. The molecule has 0 amide bonds. The van der Waals surface area contributed by atoms with E-state index in [1.165, 1.54) is 19.4 Å². The van der Waals surface area contributed by atoms with Crippen molar-refractivity contribution in [3.63, 3.8) is 0 Å². The maximum atomic E-state index is 11.7. The molecule has 0 spiro atoms. The predicted octanol–water partition coefficient (Wildman–Crippen LogP) is 1.12. The van der Waals surface area contributed by atoms with Crippen molar-refractivity contribution >= 4 is 18.4 Å². The molecule has 76 valence electrons. The first kappa shape index (κ1) is 10.9. The number of methoxy groups -OCH3 is 1. The first-order chi connectivity index (χ1) is 6.45. The highest BCUT2D eigenvalue weighted by atomic mass is 31.2. The molecule has 0 radical (unpaired) electrons. The summed E-state index contributed by atoms with van der Waals surface area (Å²) in [5, 5.41) is 0.632. The van der Waals surface area contributed by atoms with Crippen LogP contribution in [0.15, 0.2) is 18.3 Å². The fourth-order valence-electron chi connectivity index (χ4n) is 0.971. The summed E-state index contributed by atoms with van der Waals surface area (Å²) in [6.45, 7) is 3.28. The van der Waals surface area contributed by atoms with Crippen LogP contribution in [0, 0.1) is 0 Å². The molecule has 1 aromatic heterocycles. The van der Waals surface area contributed by atoms with E-state index in [9.17, 15) is 9.36 Å². The number of carbonyl (C=O) groups excluding carboxylic acids is 1. The van der Waals surface area contributed by atoms with E-state index >= 15 is 0 Å². The molecule has 14 heavy (non-hydrogen) atoms. The third kappa shape index (κ3) is 2.42. The molecule has 4 nitrogen and oxygen atoms in total. The Balaban J connectivity index is 3.14. The fraction of sp³-hybridized carbons (Fsp3) is 0.333. The highest BCUT2D eigenvalue weighted by Gasteiger charge is 2.14. The zero-order valence-electron chi connectivity index (χ0n) is 8.35. The average molecular weight is 213 g/mol. The van der Waals surface area contributed by atoms with Crippen LogP contribution in [0.2, 0.25) is 0 Å². The lowest BCUT2D eigenvalue weighted by Crippen LogP contribution is -2.10. The number of hydrogen-bond acceptors (Lipinski definition) is 4. The van der Waals surface area contributed by atoms with E-state index in [4.69, 9.17) is 0 Å². The van der Waals surface area contributed by atoms with Crippen LogP contribution in [0.1, 0.15) is 10.5 Å². The van der Waals surface area contributed by atoms with Crippen LogP contribution in [0.5, 0.6) is 0 Å². The maximum absolute atomic E-state index is 11.7. The zero-order chi connectivity index (χ0) is 10.8. The topological polar surface area (TPSA) is 56.3 Å². The molecular formula is C9H12NO3P. The molecule has 0 bridgehead atoms. The summed E-state index contributed by atoms with van der Waals surface area (Å²) in [7, 11) is -1.06. The van der Waals surface area contributed by atoms with Crippen molar-refractivity contribution < 1.29 is 14.1 Å². The highest BCUT2D eigenvalue weighted by molar-refractivity contribution is 7.70. The SMILES string of the molecule is COC(=O)c1cc(P(C)(C)=O)ccn1. The summed E-state index contributed by atoms with van der Waals surface area (Å²) >= 11 is 0. The minimum absolute atomic E-state index is 0.189. The van der Waals surface area contributed by atoms with Gasteiger partial charge in [0.25, 0.3) is 0 Å². The summed E-state index contributed by atoms with van der Waals surface area (Å²) in [5.74, 6) is -0.514. The molecule has 0 fully saturated rings. The molecule has 0 saturated carbocycles. The lowest BCUT2D eigenvalue weighted by atomic mass is 10.3. The standard InChI is InChI=1S/C9H12NO3P/c1-13-9(11)8-6-7(4-5-10-8)14(2,3)12/h4-6H,1-3H3. The fourth-order valence-corrected chi connectivity index (χ4v) is 1.83. The van der Waals surface area contributed by atoms with E-state index in [1.54, 1.807) is 19.4 Å². The summed E-state index contributed by atoms with van der Waals surface area (Å²) in [6, 6.07) is 3.15. The summed E-state index contributed by atoms with van der Waals surface area (Å²) in [4.78, 5) is 14.9. The van der Waals surface area contributed by atoms with Crippen molar-refractivity contribution in [1.82, 2.24) is 4.98 Å². The first-order valence-corrected chi connectivity index (χ1v) is 6.65. The van der Waals surface area contributed by atoms with Crippen LogP contribution in [-0.2, 0) is 9.30 Å². The number of ether oxygens (including phenoxy) is 1. The van der Waals surface area contributed by atoms with Crippen molar-refractivity contribution in [3.8, 4) is 0 Å². The van der Waals surface area contributed by atoms with E-state index in [0.29, 0.717) is 5.30 Å². The number of esters is 1. The monoisotopic (exact) mass is 213 g/mol. The van der Waals surface area contributed by atoms with Gasteiger partial charge in [0.2, 0.25) is 0 Å². The molecule has 0 aliphatic rings. The Morgan fingerprint density at radius 1 is 1.50 bits per heavy atom. The Hall–Kier alpha value is -1.15. The van der Waals surface area contributed by atoms with Gasteiger partial charge in [-0.15, -0.1) is 0 Å². The number of rotatable bonds is 2. The van der Waals surface area contributed by atoms with Crippen LogP contribution in [-0.4, -0.2) is 31.4 Å².